The summed E-state index contributed by atoms with van der Waals surface area (Å²) in [6.07, 6.45) is 2.99. The van der Waals surface area contributed by atoms with Crippen LogP contribution in [0, 0.1) is 6.92 Å². The summed E-state index contributed by atoms with van der Waals surface area (Å²) >= 11 is 5.95. The van der Waals surface area contributed by atoms with Crippen LogP contribution in [-0.4, -0.2) is 54.2 Å². The molecule has 0 radical (unpaired) electrons. The van der Waals surface area contributed by atoms with Crippen molar-refractivity contribution in [2.24, 2.45) is 0 Å². The lowest BCUT2D eigenvalue weighted by Gasteiger charge is -2.20. The van der Waals surface area contributed by atoms with Crippen molar-refractivity contribution in [3.63, 3.8) is 0 Å². The average Bonchev–Trinajstić information content (AvgIpc) is 2.83. The Morgan fingerprint density at radius 1 is 1.38 bits per heavy atom. The van der Waals surface area contributed by atoms with Crippen LogP contribution in [0.1, 0.15) is 37.7 Å². The fourth-order valence-electron chi connectivity index (χ4n) is 2.79. The van der Waals surface area contributed by atoms with Crippen LogP contribution in [0.2, 0.25) is 5.02 Å². The summed E-state index contributed by atoms with van der Waals surface area (Å²) in [4.78, 5) is 25.6. The standard InChI is InChI=1S/C19H27ClN2O4/c1-14-11-16(6-7-17(14)20)26-13-15(23)12-21-18(24)8-10-22-9-4-2-3-5-19(22)25/h6-7,11,15,23H,2-5,8-10,12-13H2,1H3,(H,21,24). The molecule has 0 saturated carbocycles. The molecule has 7 heteroatoms. The van der Waals surface area contributed by atoms with Crippen LogP contribution in [-0.2, 0) is 9.59 Å². The Balaban J connectivity index is 1.64. The number of halogens is 1. The van der Waals surface area contributed by atoms with Crippen LogP contribution >= 0.6 is 11.6 Å². The molecule has 0 spiro atoms. The third-order valence-electron chi connectivity index (χ3n) is 4.39. The normalized spacial score (nSPS) is 16.1. The zero-order chi connectivity index (χ0) is 18.9. The lowest BCUT2D eigenvalue weighted by molar-refractivity contribution is -0.131. The number of nitrogens with zero attached hydrogens (tertiary/aromatic N) is 1. The van der Waals surface area contributed by atoms with E-state index in [1.807, 2.05) is 6.92 Å². The molecule has 144 valence electrons. The highest BCUT2D eigenvalue weighted by atomic mass is 35.5. The third-order valence-corrected chi connectivity index (χ3v) is 4.81. The van der Waals surface area contributed by atoms with E-state index in [9.17, 15) is 14.7 Å². The molecule has 1 aliphatic rings. The third kappa shape index (κ3) is 6.84. The lowest BCUT2D eigenvalue weighted by atomic mass is 10.2. The zero-order valence-electron chi connectivity index (χ0n) is 15.2. The first-order chi connectivity index (χ1) is 12.5. The van der Waals surface area contributed by atoms with E-state index in [-0.39, 0.29) is 31.4 Å². The summed E-state index contributed by atoms with van der Waals surface area (Å²) in [5.41, 5.74) is 0.898. The number of hydrogen-bond acceptors (Lipinski definition) is 4. The van der Waals surface area contributed by atoms with Gasteiger partial charge in [-0.3, -0.25) is 9.59 Å². The van der Waals surface area contributed by atoms with E-state index in [0.717, 1.165) is 31.4 Å². The molecule has 0 bridgehead atoms. The van der Waals surface area contributed by atoms with E-state index >= 15 is 0 Å². The highest BCUT2D eigenvalue weighted by Crippen LogP contribution is 2.21. The van der Waals surface area contributed by atoms with Gasteiger partial charge in [-0.1, -0.05) is 18.0 Å². The van der Waals surface area contributed by atoms with E-state index in [1.165, 1.54) is 0 Å². The average molecular weight is 383 g/mol. The van der Waals surface area contributed by atoms with Gasteiger partial charge >= 0.3 is 0 Å². The maximum Gasteiger partial charge on any atom is 0.222 e. The molecule has 1 aromatic rings. The SMILES string of the molecule is Cc1cc(OCC(O)CNC(=O)CCN2CCCCCC2=O)ccc1Cl. The minimum Gasteiger partial charge on any atom is -0.491 e. The minimum absolute atomic E-state index is 0.0754. The summed E-state index contributed by atoms with van der Waals surface area (Å²) in [6, 6.07) is 5.27. The lowest BCUT2D eigenvalue weighted by Crippen LogP contribution is -2.38. The Morgan fingerprint density at radius 3 is 2.96 bits per heavy atom. The molecule has 1 fully saturated rings. The van der Waals surface area contributed by atoms with Crippen molar-refractivity contribution in [3.8, 4) is 5.75 Å². The molecule has 6 nitrogen and oxygen atoms in total. The predicted octanol–water partition coefficient (Wildman–Crippen LogP) is 2.30. The summed E-state index contributed by atoms with van der Waals surface area (Å²) in [5.74, 6) is 0.572. The van der Waals surface area contributed by atoms with Crippen molar-refractivity contribution < 1.29 is 19.4 Å². The maximum absolute atomic E-state index is 11.9. The van der Waals surface area contributed by atoms with Crippen molar-refractivity contribution in [2.45, 2.75) is 45.1 Å². The highest BCUT2D eigenvalue weighted by Gasteiger charge is 2.17. The molecule has 0 aliphatic carbocycles. The number of benzene rings is 1. The number of amides is 2. The molecule has 2 rings (SSSR count). The molecule has 2 amide bonds. The molecule has 2 N–H and O–H groups in total. The smallest absolute Gasteiger partial charge is 0.222 e. The van der Waals surface area contributed by atoms with Gasteiger partial charge in [-0.25, -0.2) is 0 Å². The Morgan fingerprint density at radius 2 is 2.19 bits per heavy atom. The molecule has 1 unspecified atom stereocenters. The number of likely N-dealkylation sites (tertiary alicyclic amines) is 1. The summed E-state index contributed by atoms with van der Waals surface area (Å²) in [6.45, 7) is 3.22. The molecule has 1 atom stereocenters. The van der Waals surface area contributed by atoms with E-state index < -0.39 is 6.10 Å². The van der Waals surface area contributed by atoms with Crippen molar-refractivity contribution in [1.29, 1.82) is 0 Å². The van der Waals surface area contributed by atoms with E-state index in [4.69, 9.17) is 16.3 Å². The van der Waals surface area contributed by atoms with Crippen LogP contribution in [0.3, 0.4) is 0 Å². The largest absolute Gasteiger partial charge is 0.491 e. The molecule has 0 aromatic heterocycles. The Kier molecular flexibility index (Phi) is 8.19. The molecule has 26 heavy (non-hydrogen) atoms. The molecule has 1 aromatic carbocycles. The fraction of sp³-hybridized carbons (Fsp3) is 0.579. The van der Waals surface area contributed by atoms with Crippen molar-refractivity contribution in [1.82, 2.24) is 10.2 Å². The van der Waals surface area contributed by atoms with Crippen LogP contribution in [0.15, 0.2) is 18.2 Å². The van der Waals surface area contributed by atoms with Gasteiger partial charge < -0.3 is 20.1 Å². The van der Waals surface area contributed by atoms with Gasteiger partial charge in [0, 0.05) is 37.5 Å². The Hall–Kier alpha value is -1.79. The first kappa shape index (κ1) is 20.5. The molecule has 1 heterocycles. The first-order valence-corrected chi connectivity index (χ1v) is 9.45. The Labute approximate surface area is 159 Å². The van der Waals surface area contributed by atoms with Gasteiger partial charge in [0.05, 0.1) is 0 Å². The second-order valence-electron chi connectivity index (χ2n) is 6.62. The van der Waals surface area contributed by atoms with Crippen LogP contribution in [0.4, 0.5) is 0 Å². The second-order valence-corrected chi connectivity index (χ2v) is 7.03. The summed E-state index contributed by atoms with van der Waals surface area (Å²) in [7, 11) is 0. The first-order valence-electron chi connectivity index (χ1n) is 9.07. The molecular weight excluding hydrogens is 356 g/mol. The molecule has 1 aliphatic heterocycles. The number of aliphatic hydroxyl groups is 1. The fourth-order valence-corrected chi connectivity index (χ4v) is 2.91. The quantitative estimate of drug-likeness (QED) is 0.723. The van der Waals surface area contributed by atoms with Crippen molar-refractivity contribution >= 4 is 23.4 Å². The van der Waals surface area contributed by atoms with Crippen molar-refractivity contribution in [3.05, 3.63) is 28.8 Å². The monoisotopic (exact) mass is 382 g/mol. The van der Waals surface area contributed by atoms with E-state index in [0.29, 0.717) is 23.7 Å². The minimum atomic E-state index is -0.810. The summed E-state index contributed by atoms with van der Waals surface area (Å²) < 4.78 is 5.51. The van der Waals surface area contributed by atoms with Gasteiger partial charge in [0.1, 0.15) is 18.5 Å². The number of aliphatic hydroxyl groups excluding tert-OH is 1. The van der Waals surface area contributed by atoms with Gasteiger partial charge in [-0.2, -0.15) is 0 Å². The van der Waals surface area contributed by atoms with Crippen LogP contribution < -0.4 is 10.1 Å². The van der Waals surface area contributed by atoms with E-state index in [2.05, 4.69) is 5.32 Å². The molecular formula is C19H27ClN2O4. The summed E-state index contributed by atoms with van der Waals surface area (Å²) in [5, 5.41) is 13.3. The number of nitrogens with one attached hydrogen (secondary N) is 1. The number of carbonyl (C=O) groups excluding carboxylic acids is 2. The number of aryl methyl sites for hydroxylation is 1. The van der Waals surface area contributed by atoms with Crippen LogP contribution in [0.5, 0.6) is 5.75 Å². The zero-order valence-corrected chi connectivity index (χ0v) is 15.9. The second kappa shape index (κ2) is 10.4. The topological polar surface area (TPSA) is 78.9 Å². The van der Waals surface area contributed by atoms with Gasteiger partial charge in [0.25, 0.3) is 0 Å². The predicted molar refractivity (Wildman–Crippen MR) is 100 cm³/mol. The van der Waals surface area contributed by atoms with Gasteiger partial charge in [0.2, 0.25) is 11.8 Å². The van der Waals surface area contributed by atoms with Gasteiger partial charge in [-0.05, 0) is 43.5 Å². The number of carbonyl (C=O) groups is 2. The highest BCUT2D eigenvalue weighted by molar-refractivity contribution is 6.31. The number of hydrogen-bond donors (Lipinski definition) is 2. The maximum atomic E-state index is 11.9. The number of ether oxygens (including phenoxy) is 1. The van der Waals surface area contributed by atoms with Gasteiger partial charge in [-0.15, -0.1) is 0 Å². The van der Waals surface area contributed by atoms with Gasteiger partial charge in [0.15, 0.2) is 0 Å². The van der Waals surface area contributed by atoms with Crippen LogP contribution in [0.25, 0.3) is 0 Å². The number of rotatable bonds is 8. The Bertz CT molecular complexity index is 624. The van der Waals surface area contributed by atoms with E-state index in [1.54, 1.807) is 23.1 Å². The van der Waals surface area contributed by atoms with Crippen molar-refractivity contribution in [2.75, 3.05) is 26.2 Å². The molecule has 1 saturated heterocycles.